The van der Waals surface area contributed by atoms with Gasteiger partial charge >= 0.3 is 0 Å². The molecule has 8 nitrogen and oxygen atoms in total. The van der Waals surface area contributed by atoms with Gasteiger partial charge in [0, 0.05) is 0 Å². The lowest BCUT2D eigenvalue weighted by Gasteiger charge is -2.25. The minimum absolute atomic E-state index is 0.0362. The number of hydrogen-bond donors (Lipinski definition) is 1. The predicted octanol–water partition coefficient (Wildman–Crippen LogP) is 3.85. The van der Waals surface area contributed by atoms with Crippen LogP contribution >= 0.6 is 0 Å². The van der Waals surface area contributed by atoms with E-state index in [1.807, 2.05) is 0 Å². The number of carbonyl (C=O) groups excluding carboxylic acids is 1. The fourth-order valence-corrected chi connectivity index (χ4v) is 4.90. The normalized spacial score (nSPS) is 10.9. The molecule has 9 heteroatoms. The number of sulfonamides is 1. The fourth-order valence-electron chi connectivity index (χ4n) is 3.24. The van der Waals surface area contributed by atoms with E-state index in [-0.39, 0.29) is 10.6 Å². The van der Waals surface area contributed by atoms with E-state index < -0.39 is 22.5 Å². The van der Waals surface area contributed by atoms with E-state index in [0.717, 1.165) is 9.87 Å². The van der Waals surface area contributed by atoms with Gasteiger partial charge in [0.15, 0.2) is 0 Å². The molecule has 0 aliphatic heterocycles. The van der Waals surface area contributed by atoms with Crippen LogP contribution < -0.4 is 23.8 Å². The number of ether oxygens (including phenoxy) is 3. The molecule has 0 unspecified atom stereocenters. The Balaban J connectivity index is 2.03. The van der Waals surface area contributed by atoms with Crippen LogP contribution in [0.3, 0.4) is 0 Å². The Kier molecular flexibility index (Phi) is 7.44. The lowest BCUT2D eigenvalue weighted by Crippen LogP contribution is -2.38. The number of hydrogen-bond acceptors (Lipinski definition) is 6. The molecule has 0 aromatic heterocycles. The van der Waals surface area contributed by atoms with E-state index in [4.69, 9.17) is 14.2 Å². The molecule has 174 valence electrons. The van der Waals surface area contributed by atoms with Gasteiger partial charge in [0.1, 0.15) is 28.7 Å². The van der Waals surface area contributed by atoms with Crippen molar-refractivity contribution in [3.8, 4) is 17.2 Å². The first-order valence-electron chi connectivity index (χ1n) is 10.0. The van der Waals surface area contributed by atoms with Crippen LogP contribution in [0.15, 0.2) is 71.6 Å². The number of aryl methyl sites for hydroxylation is 1. The van der Waals surface area contributed by atoms with Crippen molar-refractivity contribution in [2.24, 2.45) is 0 Å². The van der Waals surface area contributed by atoms with Gasteiger partial charge in [-0.3, -0.25) is 9.10 Å². The van der Waals surface area contributed by atoms with Gasteiger partial charge in [-0.05, 0) is 61.0 Å². The number of nitrogens with zero attached hydrogens (tertiary/aromatic N) is 1. The molecule has 0 saturated carbocycles. The summed E-state index contributed by atoms with van der Waals surface area (Å²) in [6, 6.07) is 18.2. The van der Waals surface area contributed by atoms with Crippen molar-refractivity contribution in [1.29, 1.82) is 0 Å². The molecule has 0 radical (unpaired) electrons. The molecule has 3 aromatic carbocycles. The van der Waals surface area contributed by atoms with E-state index in [1.54, 1.807) is 67.6 Å². The fraction of sp³-hybridized carbons (Fsp3) is 0.208. The predicted molar refractivity (Wildman–Crippen MR) is 127 cm³/mol. The Morgan fingerprint density at radius 2 is 1.55 bits per heavy atom. The SMILES string of the molecule is COc1ccc(N(CC(=O)Nc2ccccc2OC)S(=O)(=O)c2cc(C)ccc2OC)cc1. The zero-order chi connectivity index (χ0) is 24.0. The molecule has 0 fully saturated rings. The summed E-state index contributed by atoms with van der Waals surface area (Å²) in [6.45, 7) is 1.31. The maximum atomic E-state index is 13.7. The Labute approximate surface area is 193 Å². The molecule has 0 bridgehead atoms. The van der Waals surface area contributed by atoms with E-state index in [1.165, 1.54) is 27.4 Å². The van der Waals surface area contributed by atoms with Gasteiger partial charge in [-0.15, -0.1) is 0 Å². The Morgan fingerprint density at radius 3 is 2.18 bits per heavy atom. The van der Waals surface area contributed by atoms with Crippen molar-refractivity contribution < 1.29 is 27.4 Å². The summed E-state index contributed by atoms with van der Waals surface area (Å²) in [5.74, 6) is 0.669. The maximum absolute atomic E-state index is 13.7. The van der Waals surface area contributed by atoms with Crippen molar-refractivity contribution in [3.05, 3.63) is 72.3 Å². The summed E-state index contributed by atoms with van der Waals surface area (Å²) in [5, 5.41) is 2.72. The zero-order valence-corrected chi connectivity index (χ0v) is 19.7. The van der Waals surface area contributed by atoms with Crippen molar-refractivity contribution in [2.45, 2.75) is 11.8 Å². The number of para-hydroxylation sites is 2. The summed E-state index contributed by atoms with van der Waals surface area (Å²) in [7, 11) is 0.237. The zero-order valence-electron chi connectivity index (χ0n) is 18.9. The monoisotopic (exact) mass is 470 g/mol. The van der Waals surface area contributed by atoms with E-state index >= 15 is 0 Å². The molecule has 0 aliphatic carbocycles. The molecule has 0 aliphatic rings. The first-order chi connectivity index (χ1) is 15.8. The van der Waals surface area contributed by atoms with Crippen LogP contribution in [0, 0.1) is 6.92 Å². The van der Waals surface area contributed by atoms with Crippen LogP contribution in [0.1, 0.15) is 5.56 Å². The second-order valence-corrected chi connectivity index (χ2v) is 8.94. The van der Waals surface area contributed by atoms with Gasteiger partial charge in [0.2, 0.25) is 5.91 Å². The molecule has 0 atom stereocenters. The van der Waals surface area contributed by atoms with E-state index in [0.29, 0.717) is 22.9 Å². The number of benzene rings is 3. The summed E-state index contributed by atoms with van der Waals surface area (Å²) < 4.78 is 44.3. The van der Waals surface area contributed by atoms with Crippen molar-refractivity contribution >= 4 is 27.3 Å². The van der Waals surface area contributed by atoms with Crippen molar-refractivity contribution in [2.75, 3.05) is 37.5 Å². The molecule has 3 aromatic rings. The number of rotatable bonds is 9. The molecule has 0 spiro atoms. The van der Waals surface area contributed by atoms with Gasteiger partial charge < -0.3 is 19.5 Å². The summed E-state index contributed by atoms with van der Waals surface area (Å²) in [5.41, 5.74) is 1.47. The molecular weight excluding hydrogens is 444 g/mol. The Morgan fingerprint density at radius 1 is 0.879 bits per heavy atom. The topological polar surface area (TPSA) is 94.2 Å². The maximum Gasteiger partial charge on any atom is 0.268 e. The second-order valence-electron chi connectivity index (χ2n) is 7.11. The van der Waals surface area contributed by atoms with Crippen LogP contribution in [0.2, 0.25) is 0 Å². The standard InChI is InChI=1S/C24H26N2O6S/c1-17-9-14-22(32-4)23(15-17)33(28,29)26(18-10-12-19(30-2)13-11-18)16-24(27)25-20-7-5-6-8-21(20)31-3/h5-15H,16H2,1-4H3,(H,25,27). The molecule has 3 rings (SSSR count). The highest BCUT2D eigenvalue weighted by atomic mass is 32.2. The largest absolute Gasteiger partial charge is 0.497 e. The molecule has 0 saturated heterocycles. The van der Waals surface area contributed by atoms with Gasteiger partial charge in [-0.1, -0.05) is 18.2 Å². The van der Waals surface area contributed by atoms with Gasteiger partial charge in [0.25, 0.3) is 10.0 Å². The lowest BCUT2D eigenvalue weighted by molar-refractivity contribution is -0.114. The Hall–Kier alpha value is -3.72. The molecule has 33 heavy (non-hydrogen) atoms. The summed E-state index contributed by atoms with van der Waals surface area (Å²) in [6.07, 6.45) is 0. The van der Waals surface area contributed by atoms with Crippen LogP contribution in [-0.4, -0.2) is 42.2 Å². The third-order valence-electron chi connectivity index (χ3n) is 4.92. The molecule has 0 heterocycles. The average molecular weight is 471 g/mol. The quantitative estimate of drug-likeness (QED) is 0.511. The first kappa shape index (κ1) is 23.9. The summed E-state index contributed by atoms with van der Waals surface area (Å²) >= 11 is 0. The van der Waals surface area contributed by atoms with E-state index in [9.17, 15) is 13.2 Å². The highest BCUT2D eigenvalue weighted by Crippen LogP contribution is 2.32. The summed E-state index contributed by atoms with van der Waals surface area (Å²) in [4.78, 5) is 12.9. The number of carbonyl (C=O) groups is 1. The third kappa shape index (κ3) is 5.38. The number of methoxy groups -OCH3 is 3. The molecule has 1 amide bonds. The van der Waals surface area contributed by atoms with Crippen LogP contribution in [0.25, 0.3) is 0 Å². The second kappa shape index (κ2) is 10.3. The third-order valence-corrected chi connectivity index (χ3v) is 6.71. The highest BCUT2D eigenvalue weighted by molar-refractivity contribution is 7.93. The van der Waals surface area contributed by atoms with Crippen LogP contribution in [0.5, 0.6) is 17.2 Å². The molecule has 1 N–H and O–H groups in total. The van der Waals surface area contributed by atoms with Gasteiger partial charge in [-0.2, -0.15) is 0 Å². The first-order valence-corrected chi connectivity index (χ1v) is 11.5. The van der Waals surface area contributed by atoms with Crippen LogP contribution in [0.4, 0.5) is 11.4 Å². The average Bonchev–Trinajstić information content (AvgIpc) is 2.83. The number of nitrogens with one attached hydrogen (secondary N) is 1. The van der Waals surface area contributed by atoms with Crippen LogP contribution in [-0.2, 0) is 14.8 Å². The van der Waals surface area contributed by atoms with Crippen molar-refractivity contribution in [3.63, 3.8) is 0 Å². The van der Waals surface area contributed by atoms with Crippen molar-refractivity contribution in [1.82, 2.24) is 0 Å². The van der Waals surface area contributed by atoms with Gasteiger partial charge in [0.05, 0.1) is 32.7 Å². The van der Waals surface area contributed by atoms with Gasteiger partial charge in [-0.25, -0.2) is 8.42 Å². The molecular formula is C24H26N2O6S. The number of anilines is 2. The minimum atomic E-state index is -4.17. The number of amides is 1. The minimum Gasteiger partial charge on any atom is -0.497 e. The van der Waals surface area contributed by atoms with E-state index in [2.05, 4.69) is 5.32 Å². The Bertz CT molecular complexity index is 1230. The lowest BCUT2D eigenvalue weighted by atomic mass is 10.2. The highest BCUT2D eigenvalue weighted by Gasteiger charge is 2.30. The smallest absolute Gasteiger partial charge is 0.268 e.